The Morgan fingerprint density at radius 3 is 2.36 bits per heavy atom. The minimum Gasteiger partial charge on any atom is -0.480 e. The fourth-order valence-corrected chi connectivity index (χ4v) is 2.66. The van der Waals surface area contributed by atoms with Gasteiger partial charge in [-0.3, -0.25) is 4.79 Å². The van der Waals surface area contributed by atoms with Gasteiger partial charge < -0.3 is 10.4 Å². The Morgan fingerprint density at radius 1 is 1.24 bits per heavy atom. The summed E-state index contributed by atoms with van der Waals surface area (Å²) < 4.78 is 14.7. The van der Waals surface area contributed by atoms with E-state index in [1.807, 2.05) is 6.92 Å². The summed E-state index contributed by atoms with van der Waals surface area (Å²) in [7, 11) is 0. The Hall–Kier alpha value is -2.70. The van der Waals surface area contributed by atoms with Crippen molar-refractivity contribution in [3.63, 3.8) is 0 Å². The molecule has 6 nitrogen and oxygen atoms in total. The number of hydrogen-bond acceptors (Lipinski definition) is 3. The number of carboxylic acids is 1. The van der Waals surface area contributed by atoms with Gasteiger partial charge in [0.15, 0.2) is 0 Å². The van der Waals surface area contributed by atoms with Crippen LogP contribution in [-0.4, -0.2) is 32.8 Å². The monoisotopic (exact) mass is 347 g/mol. The fraction of sp³-hybridized carbons (Fsp3) is 0.389. The molecular weight excluding hydrogens is 325 g/mol. The maximum Gasteiger partial charge on any atom is 0.326 e. The number of aryl methyl sites for hydroxylation is 1. The molecule has 1 atom stereocenters. The van der Waals surface area contributed by atoms with Crippen molar-refractivity contribution in [3.05, 3.63) is 47.0 Å². The third-order valence-electron chi connectivity index (χ3n) is 4.10. The van der Waals surface area contributed by atoms with E-state index in [0.29, 0.717) is 11.4 Å². The third kappa shape index (κ3) is 4.23. The van der Waals surface area contributed by atoms with Crippen LogP contribution in [0.15, 0.2) is 24.3 Å². The number of carbonyl (C=O) groups excluding carboxylic acids is 1. The first-order chi connectivity index (χ1) is 11.7. The predicted molar refractivity (Wildman–Crippen MR) is 91.1 cm³/mol. The van der Waals surface area contributed by atoms with Crippen LogP contribution in [0.4, 0.5) is 4.39 Å². The lowest BCUT2D eigenvalue weighted by atomic mass is 10.0. The molecule has 25 heavy (non-hydrogen) atoms. The molecule has 0 aliphatic heterocycles. The summed E-state index contributed by atoms with van der Waals surface area (Å²) in [6.07, 6.45) is 0.0371. The van der Waals surface area contributed by atoms with Crippen LogP contribution in [0.1, 0.15) is 30.8 Å². The van der Waals surface area contributed by atoms with Gasteiger partial charge in [-0.25, -0.2) is 13.9 Å². The first-order valence-corrected chi connectivity index (χ1v) is 8.04. The van der Waals surface area contributed by atoms with Gasteiger partial charge in [-0.05, 0) is 44.0 Å². The van der Waals surface area contributed by atoms with E-state index < -0.39 is 12.0 Å². The molecule has 2 rings (SSSR count). The molecule has 1 amide bonds. The smallest absolute Gasteiger partial charge is 0.326 e. The van der Waals surface area contributed by atoms with E-state index in [2.05, 4.69) is 10.4 Å². The van der Waals surface area contributed by atoms with Gasteiger partial charge in [0.25, 0.3) is 0 Å². The van der Waals surface area contributed by atoms with E-state index in [1.54, 1.807) is 37.6 Å². The van der Waals surface area contributed by atoms with E-state index in [4.69, 9.17) is 0 Å². The molecule has 2 aromatic rings. The molecule has 134 valence electrons. The number of benzene rings is 1. The van der Waals surface area contributed by atoms with Crippen LogP contribution in [0, 0.1) is 25.6 Å². The van der Waals surface area contributed by atoms with E-state index in [-0.39, 0.29) is 24.1 Å². The lowest BCUT2D eigenvalue weighted by molar-refractivity contribution is -0.143. The highest BCUT2D eigenvalue weighted by Crippen LogP contribution is 2.19. The molecule has 1 aromatic heterocycles. The fourth-order valence-electron chi connectivity index (χ4n) is 2.66. The standard InChI is InChI=1S/C18H22FN3O3/c1-10(2)17(18(24)25)20-16(23)9-15-11(3)21-22(12(15)4)14-7-5-13(19)6-8-14/h5-8,10,17H,9H2,1-4H3,(H,20,23)(H,24,25). The van der Waals surface area contributed by atoms with Crippen molar-refractivity contribution in [1.82, 2.24) is 15.1 Å². The maximum absolute atomic E-state index is 13.1. The SMILES string of the molecule is Cc1nn(-c2ccc(F)cc2)c(C)c1CC(=O)NC(C(=O)O)C(C)C. The van der Waals surface area contributed by atoms with Crippen molar-refractivity contribution in [2.24, 2.45) is 5.92 Å². The van der Waals surface area contributed by atoms with Crippen molar-refractivity contribution in [1.29, 1.82) is 0 Å². The Morgan fingerprint density at radius 2 is 1.84 bits per heavy atom. The van der Waals surface area contributed by atoms with Gasteiger partial charge in [0.05, 0.1) is 17.8 Å². The highest BCUT2D eigenvalue weighted by atomic mass is 19.1. The Balaban J connectivity index is 2.22. The lowest BCUT2D eigenvalue weighted by Gasteiger charge is -2.17. The van der Waals surface area contributed by atoms with Crippen LogP contribution in [0.2, 0.25) is 0 Å². The molecule has 2 N–H and O–H groups in total. The van der Waals surface area contributed by atoms with E-state index in [1.165, 1.54) is 12.1 Å². The summed E-state index contributed by atoms with van der Waals surface area (Å²) in [5, 5.41) is 16.1. The van der Waals surface area contributed by atoms with Crippen molar-refractivity contribution < 1.29 is 19.1 Å². The van der Waals surface area contributed by atoms with Gasteiger partial charge in [0.2, 0.25) is 5.91 Å². The topological polar surface area (TPSA) is 84.2 Å². The van der Waals surface area contributed by atoms with Gasteiger partial charge in [0, 0.05) is 11.3 Å². The number of aromatic nitrogens is 2. The number of rotatable bonds is 6. The van der Waals surface area contributed by atoms with Crippen LogP contribution < -0.4 is 5.32 Å². The molecule has 0 bridgehead atoms. The Bertz CT molecular complexity index is 782. The molecule has 0 fully saturated rings. The molecule has 0 aliphatic carbocycles. The van der Waals surface area contributed by atoms with Crippen LogP contribution in [0.25, 0.3) is 5.69 Å². The number of aliphatic carboxylic acids is 1. The summed E-state index contributed by atoms with van der Waals surface area (Å²) in [4.78, 5) is 23.5. The maximum atomic E-state index is 13.1. The molecule has 7 heteroatoms. The normalized spacial score (nSPS) is 12.2. The van der Waals surface area contributed by atoms with E-state index in [0.717, 1.165) is 11.3 Å². The molecule has 0 saturated carbocycles. The molecule has 0 saturated heterocycles. The minimum absolute atomic E-state index is 0.0371. The molecule has 0 aliphatic rings. The molecule has 1 heterocycles. The van der Waals surface area contributed by atoms with Gasteiger partial charge in [-0.15, -0.1) is 0 Å². The van der Waals surface area contributed by atoms with Gasteiger partial charge in [-0.2, -0.15) is 5.10 Å². The molecule has 0 radical (unpaired) electrons. The average Bonchev–Trinajstić information content (AvgIpc) is 2.81. The van der Waals surface area contributed by atoms with Gasteiger partial charge >= 0.3 is 5.97 Å². The Labute approximate surface area is 145 Å². The number of carboxylic acid groups (broad SMARTS) is 1. The third-order valence-corrected chi connectivity index (χ3v) is 4.10. The quantitative estimate of drug-likeness (QED) is 0.840. The minimum atomic E-state index is -1.06. The summed E-state index contributed by atoms with van der Waals surface area (Å²) >= 11 is 0. The highest BCUT2D eigenvalue weighted by molar-refractivity contribution is 5.85. The van der Waals surface area contributed by atoms with Crippen molar-refractivity contribution in [3.8, 4) is 5.69 Å². The summed E-state index contributed by atoms with van der Waals surface area (Å²) in [5.74, 6) is -1.98. The van der Waals surface area contributed by atoms with E-state index >= 15 is 0 Å². The van der Waals surface area contributed by atoms with Crippen LogP contribution in [0.3, 0.4) is 0 Å². The zero-order valence-corrected chi connectivity index (χ0v) is 14.7. The van der Waals surface area contributed by atoms with Gasteiger partial charge in [0.1, 0.15) is 11.9 Å². The van der Waals surface area contributed by atoms with Crippen molar-refractivity contribution >= 4 is 11.9 Å². The summed E-state index contributed by atoms with van der Waals surface area (Å²) in [5.41, 5.74) is 2.86. The van der Waals surface area contributed by atoms with Crippen molar-refractivity contribution in [2.45, 2.75) is 40.2 Å². The molecular formula is C18H22FN3O3. The summed E-state index contributed by atoms with van der Waals surface area (Å²) in [6.45, 7) is 7.08. The number of halogens is 1. The van der Waals surface area contributed by atoms with Crippen LogP contribution >= 0.6 is 0 Å². The van der Waals surface area contributed by atoms with Crippen LogP contribution in [0.5, 0.6) is 0 Å². The van der Waals surface area contributed by atoms with E-state index in [9.17, 15) is 19.1 Å². The average molecular weight is 347 g/mol. The Kier molecular flexibility index (Phi) is 5.56. The van der Waals surface area contributed by atoms with Gasteiger partial charge in [-0.1, -0.05) is 13.8 Å². The predicted octanol–water partition coefficient (Wildman–Crippen LogP) is 2.40. The molecule has 1 unspecified atom stereocenters. The molecule has 0 spiro atoms. The summed E-state index contributed by atoms with van der Waals surface area (Å²) in [6, 6.07) is 4.98. The first kappa shape index (κ1) is 18.6. The molecule has 1 aromatic carbocycles. The first-order valence-electron chi connectivity index (χ1n) is 8.04. The lowest BCUT2D eigenvalue weighted by Crippen LogP contribution is -2.45. The largest absolute Gasteiger partial charge is 0.480 e. The second kappa shape index (κ2) is 7.46. The number of nitrogens with one attached hydrogen (secondary N) is 1. The zero-order chi connectivity index (χ0) is 18.7. The number of nitrogens with zero attached hydrogens (tertiary/aromatic N) is 2. The number of hydrogen-bond donors (Lipinski definition) is 2. The zero-order valence-electron chi connectivity index (χ0n) is 14.7. The second-order valence-electron chi connectivity index (χ2n) is 6.34. The van der Waals surface area contributed by atoms with Crippen molar-refractivity contribution in [2.75, 3.05) is 0 Å². The second-order valence-corrected chi connectivity index (χ2v) is 6.34. The number of carbonyl (C=O) groups is 2. The van der Waals surface area contributed by atoms with Crippen LogP contribution in [-0.2, 0) is 16.0 Å². The number of amides is 1. The highest BCUT2D eigenvalue weighted by Gasteiger charge is 2.24.